The highest BCUT2D eigenvalue weighted by Gasteiger charge is 2.06. The second kappa shape index (κ2) is 9.19. The lowest BCUT2D eigenvalue weighted by Crippen LogP contribution is -2.41. The molecule has 0 aliphatic rings. The van der Waals surface area contributed by atoms with E-state index >= 15 is 0 Å². The van der Waals surface area contributed by atoms with Gasteiger partial charge in [-0.25, -0.2) is 4.79 Å². The molecule has 0 saturated carbocycles. The van der Waals surface area contributed by atoms with Crippen molar-refractivity contribution in [2.75, 3.05) is 19.6 Å². The van der Waals surface area contributed by atoms with Crippen LogP contribution in [-0.2, 0) is 20.8 Å². The molecule has 0 aliphatic heterocycles. The van der Waals surface area contributed by atoms with E-state index in [1.54, 1.807) is 12.1 Å². The fourth-order valence-electron chi connectivity index (χ4n) is 1.67. The van der Waals surface area contributed by atoms with Crippen LogP contribution in [0.2, 0.25) is 0 Å². The third-order valence-corrected chi connectivity index (χ3v) is 2.88. The topological polar surface area (TPSA) is 125 Å². The van der Waals surface area contributed by atoms with Gasteiger partial charge in [0.05, 0.1) is 18.7 Å². The predicted octanol–water partition coefficient (Wildman–Crippen LogP) is -0.704. The lowest BCUT2D eigenvalue weighted by atomic mass is 10.1. The Hall–Kier alpha value is -2.90. The summed E-state index contributed by atoms with van der Waals surface area (Å²) in [6.45, 7) is 1.32. The molecule has 1 aromatic carbocycles. The molecule has 4 N–H and O–H groups in total. The number of aromatic carboxylic acids is 1. The lowest BCUT2D eigenvalue weighted by Gasteiger charge is -2.07. The van der Waals surface area contributed by atoms with Crippen molar-refractivity contribution in [2.24, 2.45) is 0 Å². The van der Waals surface area contributed by atoms with Crippen LogP contribution in [0.5, 0.6) is 0 Å². The molecule has 0 heterocycles. The van der Waals surface area contributed by atoms with Crippen molar-refractivity contribution >= 4 is 23.7 Å². The third-order valence-electron chi connectivity index (χ3n) is 2.88. The number of carboxylic acids is 1. The molecule has 23 heavy (non-hydrogen) atoms. The molecule has 0 aliphatic carbocycles. The van der Waals surface area contributed by atoms with E-state index in [1.807, 2.05) is 0 Å². The molecular formula is C15H19N3O5. The molecule has 8 heteroatoms. The average Bonchev–Trinajstić information content (AvgIpc) is 2.51. The number of carbonyl (C=O) groups excluding carboxylic acids is 3. The fourth-order valence-corrected chi connectivity index (χ4v) is 1.67. The molecule has 8 nitrogen and oxygen atoms in total. The van der Waals surface area contributed by atoms with Gasteiger partial charge in [-0.2, -0.15) is 0 Å². The molecule has 124 valence electrons. The molecule has 0 saturated heterocycles. The first-order chi connectivity index (χ1) is 10.9. The monoisotopic (exact) mass is 321 g/mol. The van der Waals surface area contributed by atoms with E-state index in [2.05, 4.69) is 16.0 Å². The molecular weight excluding hydrogens is 302 g/mol. The van der Waals surface area contributed by atoms with Crippen LogP contribution in [-0.4, -0.2) is 48.4 Å². The number of amides is 3. The Bertz CT molecular complexity index is 583. The van der Waals surface area contributed by atoms with Gasteiger partial charge in [-0.1, -0.05) is 12.1 Å². The summed E-state index contributed by atoms with van der Waals surface area (Å²) in [5.74, 6) is -2.10. The Morgan fingerprint density at radius 1 is 0.913 bits per heavy atom. The van der Waals surface area contributed by atoms with Crippen LogP contribution in [0.15, 0.2) is 24.3 Å². The van der Waals surface area contributed by atoms with Crippen molar-refractivity contribution in [2.45, 2.75) is 13.3 Å². The van der Waals surface area contributed by atoms with Crippen molar-refractivity contribution in [3.63, 3.8) is 0 Å². The van der Waals surface area contributed by atoms with Gasteiger partial charge in [0, 0.05) is 13.5 Å². The summed E-state index contributed by atoms with van der Waals surface area (Å²) in [5.41, 5.74) is 1.10. The number of carboxylic acid groups (broad SMARTS) is 1. The standard InChI is InChI=1S/C15H19N3O5/c1-10(19)17-8-14(21)18-9-13(20)16-7-6-11-2-4-12(5-3-11)15(22)23/h2-5H,6-9H2,1H3,(H,16,20)(H,17,19)(H,18,21)(H,22,23). The maximum Gasteiger partial charge on any atom is 0.335 e. The zero-order chi connectivity index (χ0) is 17.2. The third kappa shape index (κ3) is 7.60. The SMILES string of the molecule is CC(=O)NCC(=O)NCC(=O)NCCc1ccc(C(=O)O)cc1. The van der Waals surface area contributed by atoms with Crippen molar-refractivity contribution < 1.29 is 24.3 Å². The lowest BCUT2D eigenvalue weighted by molar-refractivity contribution is -0.127. The first kappa shape index (κ1) is 18.1. The van der Waals surface area contributed by atoms with E-state index in [4.69, 9.17) is 5.11 Å². The first-order valence-corrected chi connectivity index (χ1v) is 6.98. The predicted molar refractivity (Wildman–Crippen MR) is 81.8 cm³/mol. The van der Waals surface area contributed by atoms with Crippen molar-refractivity contribution in [1.29, 1.82) is 0 Å². The highest BCUT2D eigenvalue weighted by molar-refractivity contribution is 5.88. The van der Waals surface area contributed by atoms with Gasteiger partial charge >= 0.3 is 5.97 Å². The number of rotatable bonds is 8. The number of benzene rings is 1. The van der Waals surface area contributed by atoms with Crippen LogP contribution in [0.25, 0.3) is 0 Å². The van der Waals surface area contributed by atoms with Crippen molar-refractivity contribution in [3.05, 3.63) is 35.4 Å². The van der Waals surface area contributed by atoms with E-state index in [0.717, 1.165) is 5.56 Å². The molecule has 0 fully saturated rings. The minimum atomic E-state index is -0.986. The van der Waals surface area contributed by atoms with Crippen LogP contribution < -0.4 is 16.0 Å². The molecule has 0 spiro atoms. The Kier molecular flexibility index (Phi) is 7.25. The van der Waals surface area contributed by atoms with Crippen LogP contribution in [0.4, 0.5) is 0 Å². The van der Waals surface area contributed by atoms with Gasteiger partial charge < -0.3 is 21.1 Å². The molecule has 0 unspecified atom stereocenters. The number of carbonyl (C=O) groups is 4. The second-order valence-electron chi connectivity index (χ2n) is 4.79. The summed E-state index contributed by atoms with van der Waals surface area (Å²) in [6, 6.07) is 6.37. The minimum Gasteiger partial charge on any atom is -0.478 e. The summed E-state index contributed by atoms with van der Waals surface area (Å²) in [4.78, 5) is 44.1. The quantitative estimate of drug-likeness (QED) is 0.504. The molecule has 1 rings (SSSR count). The largest absolute Gasteiger partial charge is 0.478 e. The smallest absolute Gasteiger partial charge is 0.335 e. The number of hydrogen-bond donors (Lipinski definition) is 4. The van der Waals surface area contributed by atoms with E-state index in [0.29, 0.717) is 13.0 Å². The van der Waals surface area contributed by atoms with E-state index in [-0.39, 0.29) is 30.5 Å². The van der Waals surface area contributed by atoms with Gasteiger partial charge in [-0.3, -0.25) is 14.4 Å². The zero-order valence-electron chi connectivity index (χ0n) is 12.7. The first-order valence-electron chi connectivity index (χ1n) is 6.98. The van der Waals surface area contributed by atoms with E-state index in [9.17, 15) is 19.2 Å². The van der Waals surface area contributed by atoms with E-state index in [1.165, 1.54) is 19.1 Å². The summed E-state index contributed by atoms with van der Waals surface area (Å²) in [5, 5.41) is 16.1. The number of nitrogens with one attached hydrogen (secondary N) is 3. The van der Waals surface area contributed by atoms with Gasteiger partial charge in [-0.05, 0) is 24.1 Å². The highest BCUT2D eigenvalue weighted by atomic mass is 16.4. The van der Waals surface area contributed by atoms with Crippen molar-refractivity contribution in [1.82, 2.24) is 16.0 Å². The maximum absolute atomic E-state index is 11.5. The molecule has 0 aromatic heterocycles. The summed E-state index contributed by atoms with van der Waals surface area (Å²) >= 11 is 0. The van der Waals surface area contributed by atoms with Crippen LogP contribution in [0.1, 0.15) is 22.8 Å². The van der Waals surface area contributed by atoms with Gasteiger partial charge in [0.1, 0.15) is 0 Å². The Morgan fingerprint density at radius 2 is 1.48 bits per heavy atom. The fraction of sp³-hybridized carbons (Fsp3) is 0.333. The minimum absolute atomic E-state index is 0.168. The summed E-state index contributed by atoms with van der Waals surface area (Å²) in [7, 11) is 0. The maximum atomic E-state index is 11.5. The van der Waals surface area contributed by atoms with Crippen LogP contribution >= 0.6 is 0 Å². The van der Waals surface area contributed by atoms with Gasteiger partial charge in [0.25, 0.3) is 0 Å². The Morgan fingerprint density at radius 3 is 2.04 bits per heavy atom. The Balaban J connectivity index is 2.22. The van der Waals surface area contributed by atoms with Crippen molar-refractivity contribution in [3.8, 4) is 0 Å². The van der Waals surface area contributed by atoms with Crippen LogP contribution in [0, 0.1) is 0 Å². The van der Waals surface area contributed by atoms with E-state index < -0.39 is 11.9 Å². The highest BCUT2D eigenvalue weighted by Crippen LogP contribution is 2.04. The average molecular weight is 321 g/mol. The summed E-state index contributed by atoms with van der Waals surface area (Å²) in [6.07, 6.45) is 0.547. The van der Waals surface area contributed by atoms with Crippen LogP contribution in [0.3, 0.4) is 0 Å². The van der Waals surface area contributed by atoms with Gasteiger partial charge in [-0.15, -0.1) is 0 Å². The Labute approximate surface area is 133 Å². The zero-order valence-corrected chi connectivity index (χ0v) is 12.7. The second-order valence-corrected chi connectivity index (χ2v) is 4.79. The molecule has 0 radical (unpaired) electrons. The molecule has 3 amide bonds. The molecule has 0 bridgehead atoms. The van der Waals surface area contributed by atoms with Gasteiger partial charge in [0.15, 0.2) is 0 Å². The normalized spacial score (nSPS) is 9.78. The van der Waals surface area contributed by atoms with Gasteiger partial charge in [0.2, 0.25) is 17.7 Å². The molecule has 1 aromatic rings. The summed E-state index contributed by atoms with van der Waals surface area (Å²) < 4.78 is 0. The number of hydrogen-bond acceptors (Lipinski definition) is 4. The molecule has 0 atom stereocenters.